The van der Waals surface area contributed by atoms with Gasteiger partial charge in [-0.15, -0.1) is 0 Å². The molecule has 4 nitrogen and oxygen atoms in total. The number of nitrogens with zero attached hydrogens (tertiary/aromatic N) is 1. The lowest BCUT2D eigenvalue weighted by Crippen LogP contribution is -2.52. The number of hydrogen-bond acceptors (Lipinski definition) is 3. The third kappa shape index (κ3) is 3.01. The van der Waals surface area contributed by atoms with Gasteiger partial charge in [-0.1, -0.05) is 34.8 Å². The summed E-state index contributed by atoms with van der Waals surface area (Å²) >= 11 is 17.8. The fourth-order valence-electron chi connectivity index (χ4n) is 2.07. The molecule has 1 aromatic rings. The summed E-state index contributed by atoms with van der Waals surface area (Å²) in [5.41, 5.74) is 0. The standard InChI is InChI=1S/C11H13Cl3N2O2S/c1-7-6-15-2-3-16(7)19(17,18)11-9(13)4-8(12)5-10(11)14/h4-5,7,15H,2-3,6H2,1H3. The van der Waals surface area contributed by atoms with Gasteiger partial charge in [0.1, 0.15) is 4.90 Å². The second kappa shape index (κ2) is 5.76. The van der Waals surface area contributed by atoms with Gasteiger partial charge in [-0.2, -0.15) is 4.31 Å². The minimum Gasteiger partial charge on any atom is -0.314 e. The summed E-state index contributed by atoms with van der Waals surface area (Å²) in [5, 5.41) is 3.53. The molecule has 1 aliphatic rings. The highest BCUT2D eigenvalue weighted by Crippen LogP contribution is 2.35. The van der Waals surface area contributed by atoms with Crippen LogP contribution >= 0.6 is 34.8 Å². The zero-order valence-electron chi connectivity index (χ0n) is 10.2. The van der Waals surface area contributed by atoms with Crippen LogP contribution in [0.2, 0.25) is 15.1 Å². The Labute approximate surface area is 127 Å². The minimum atomic E-state index is -3.72. The van der Waals surface area contributed by atoms with E-state index in [1.807, 2.05) is 6.92 Å². The normalized spacial score (nSPS) is 21.6. The molecule has 8 heteroatoms. The Bertz CT molecular complexity index is 569. The topological polar surface area (TPSA) is 49.4 Å². The van der Waals surface area contributed by atoms with Crippen molar-refractivity contribution in [2.75, 3.05) is 19.6 Å². The van der Waals surface area contributed by atoms with Gasteiger partial charge in [0.2, 0.25) is 10.0 Å². The summed E-state index contributed by atoms with van der Waals surface area (Å²) in [7, 11) is -3.72. The van der Waals surface area contributed by atoms with Crippen molar-refractivity contribution in [1.29, 1.82) is 0 Å². The molecule has 1 N–H and O–H groups in total. The second-order valence-electron chi connectivity index (χ2n) is 4.37. The first-order chi connectivity index (χ1) is 8.84. The largest absolute Gasteiger partial charge is 0.314 e. The predicted molar refractivity (Wildman–Crippen MR) is 77.7 cm³/mol. The number of halogens is 3. The molecule has 1 atom stereocenters. The van der Waals surface area contributed by atoms with Crippen molar-refractivity contribution < 1.29 is 8.42 Å². The Morgan fingerprint density at radius 1 is 1.26 bits per heavy atom. The maximum atomic E-state index is 12.6. The van der Waals surface area contributed by atoms with Crippen LogP contribution in [0.3, 0.4) is 0 Å². The number of piperazine rings is 1. The number of nitrogens with one attached hydrogen (secondary N) is 1. The van der Waals surface area contributed by atoms with Crippen LogP contribution in [0.15, 0.2) is 17.0 Å². The monoisotopic (exact) mass is 342 g/mol. The van der Waals surface area contributed by atoms with E-state index < -0.39 is 10.0 Å². The number of sulfonamides is 1. The molecular formula is C11H13Cl3N2O2S. The summed E-state index contributed by atoms with van der Waals surface area (Å²) in [4.78, 5) is -0.0750. The molecule has 0 aromatic heterocycles. The van der Waals surface area contributed by atoms with Crippen molar-refractivity contribution >= 4 is 44.8 Å². The third-order valence-corrected chi connectivity index (χ3v) is 6.12. The molecule has 0 aliphatic carbocycles. The van der Waals surface area contributed by atoms with Crippen LogP contribution in [0.1, 0.15) is 6.92 Å². The Morgan fingerprint density at radius 2 is 1.84 bits per heavy atom. The first kappa shape index (κ1) is 15.4. The SMILES string of the molecule is CC1CNCCN1S(=O)(=O)c1c(Cl)cc(Cl)cc1Cl. The van der Waals surface area contributed by atoms with E-state index in [0.717, 1.165) is 0 Å². The van der Waals surface area contributed by atoms with Gasteiger partial charge in [-0.3, -0.25) is 0 Å². The van der Waals surface area contributed by atoms with E-state index in [1.54, 1.807) is 0 Å². The van der Waals surface area contributed by atoms with Crippen molar-refractivity contribution in [3.63, 3.8) is 0 Å². The second-order valence-corrected chi connectivity index (χ2v) is 7.45. The van der Waals surface area contributed by atoms with E-state index in [4.69, 9.17) is 34.8 Å². The minimum absolute atomic E-state index is 0.0447. The summed E-state index contributed by atoms with van der Waals surface area (Å²) in [6.45, 7) is 3.43. The van der Waals surface area contributed by atoms with Crippen molar-refractivity contribution in [3.05, 3.63) is 27.2 Å². The van der Waals surface area contributed by atoms with Crippen molar-refractivity contribution in [3.8, 4) is 0 Å². The quantitative estimate of drug-likeness (QED) is 0.898. The van der Waals surface area contributed by atoms with Gasteiger partial charge in [0.25, 0.3) is 0 Å². The fourth-order valence-corrected chi connectivity index (χ4v) is 5.20. The Hall–Kier alpha value is -0.0400. The van der Waals surface area contributed by atoms with Gasteiger partial charge in [0.05, 0.1) is 10.0 Å². The molecule has 1 aromatic carbocycles. The molecule has 106 valence electrons. The van der Waals surface area contributed by atoms with Gasteiger partial charge in [0, 0.05) is 30.7 Å². The summed E-state index contributed by atoms with van der Waals surface area (Å²) < 4.78 is 26.7. The van der Waals surface area contributed by atoms with Gasteiger partial charge >= 0.3 is 0 Å². The van der Waals surface area contributed by atoms with E-state index in [0.29, 0.717) is 24.7 Å². The maximum absolute atomic E-state index is 12.6. The Kier molecular flexibility index (Phi) is 4.65. The van der Waals surface area contributed by atoms with Gasteiger partial charge < -0.3 is 5.32 Å². The van der Waals surface area contributed by atoms with Crippen LogP contribution in [0.4, 0.5) is 0 Å². The summed E-state index contributed by atoms with van der Waals surface area (Å²) in [6, 6.07) is 2.62. The van der Waals surface area contributed by atoms with Crippen LogP contribution in [-0.2, 0) is 10.0 Å². The number of hydrogen-bond donors (Lipinski definition) is 1. The number of benzene rings is 1. The predicted octanol–water partition coefficient (Wildman–Crippen LogP) is 2.63. The van der Waals surface area contributed by atoms with Gasteiger partial charge in [-0.25, -0.2) is 8.42 Å². The molecular weight excluding hydrogens is 331 g/mol. The average Bonchev–Trinajstić information content (AvgIpc) is 2.27. The fraction of sp³-hybridized carbons (Fsp3) is 0.455. The lowest BCUT2D eigenvalue weighted by atomic mass is 10.3. The molecule has 1 saturated heterocycles. The summed E-state index contributed by atoms with van der Waals surface area (Å²) in [6.07, 6.45) is 0. The van der Waals surface area contributed by atoms with Crippen molar-refractivity contribution in [2.24, 2.45) is 0 Å². The molecule has 0 bridgehead atoms. The van der Waals surface area contributed by atoms with Crippen LogP contribution in [0, 0.1) is 0 Å². The summed E-state index contributed by atoms with van der Waals surface area (Å²) in [5.74, 6) is 0. The Balaban J connectivity index is 2.50. The molecule has 0 saturated carbocycles. The zero-order chi connectivity index (χ0) is 14.2. The van der Waals surface area contributed by atoms with E-state index in [-0.39, 0.29) is 21.0 Å². The van der Waals surface area contributed by atoms with E-state index in [2.05, 4.69) is 5.32 Å². The molecule has 2 rings (SSSR count). The molecule has 0 spiro atoms. The zero-order valence-corrected chi connectivity index (χ0v) is 13.2. The van der Waals surface area contributed by atoms with Crippen molar-refractivity contribution in [1.82, 2.24) is 9.62 Å². The molecule has 0 radical (unpaired) electrons. The van der Waals surface area contributed by atoms with Crippen LogP contribution in [0.5, 0.6) is 0 Å². The van der Waals surface area contributed by atoms with E-state index in [1.165, 1.54) is 16.4 Å². The van der Waals surface area contributed by atoms with E-state index in [9.17, 15) is 8.42 Å². The van der Waals surface area contributed by atoms with Gasteiger partial charge in [-0.05, 0) is 19.1 Å². The lowest BCUT2D eigenvalue weighted by molar-refractivity contribution is 0.284. The highest BCUT2D eigenvalue weighted by atomic mass is 35.5. The molecule has 1 heterocycles. The Morgan fingerprint density at radius 3 is 2.37 bits per heavy atom. The van der Waals surface area contributed by atoms with Crippen molar-refractivity contribution in [2.45, 2.75) is 17.9 Å². The lowest BCUT2D eigenvalue weighted by Gasteiger charge is -2.33. The number of rotatable bonds is 2. The molecule has 1 aliphatic heterocycles. The molecule has 0 amide bonds. The van der Waals surface area contributed by atoms with E-state index >= 15 is 0 Å². The molecule has 1 fully saturated rings. The average molecular weight is 344 g/mol. The van der Waals surface area contributed by atoms with Gasteiger partial charge in [0.15, 0.2) is 0 Å². The highest BCUT2D eigenvalue weighted by Gasteiger charge is 2.34. The molecule has 1 unspecified atom stereocenters. The van der Waals surface area contributed by atoms with Crippen LogP contribution in [-0.4, -0.2) is 38.4 Å². The molecule has 19 heavy (non-hydrogen) atoms. The maximum Gasteiger partial charge on any atom is 0.246 e. The van der Waals surface area contributed by atoms with Crippen LogP contribution in [0.25, 0.3) is 0 Å². The third-order valence-electron chi connectivity index (χ3n) is 2.97. The first-order valence-electron chi connectivity index (χ1n) is 5.71. The first-order valence-corrected chi connectivity index (χ1v) is 8.28. The van der Waals surface area contributed by atoms with Crippen LogP contribution < -0.4 is 5.32 Å². The smallest absolute Gasteiger partial charge is 0.246 e. The highest BCUT2D eigenvalue weighted by molar-refractivity contribution is 7.89.